The van der Waals surface area contributed by atoms with Crippen LogP contribution in [0.2, 0.25) is 0 Å². The molecule has 30 atom stereocenters. The number of rotatable bonds is 16. The van der Waals surface area contributed by atoms with Crippen LogP contribution < -0.4 is 0 Å². The van der Waals surface area contributed by atoms with Crippen LogP contribution in [0.3, 0.4) is 0 Å². The summed E-state index contributed by atoms with van der Waals surface area (Å²) >= 11 is 0. The maximum atomic E-state index is 16.1. The zero-order valence-electron chi connectivity index (χ0n) is 51.3. The van der Waals surface area contributed by atoms with Crippen molar-refractivity contribution in [2.24, 2.45) is 50.2 Å². The van der Waals surface area contributed by atoms with E-state index >= 15 is 4.79 Å². The second-order valence-corrected chi connectivity index (χ2v) is 28.2. The van der Waals surface area contributed by atoms with E-state index in [0.717, 1.165) is 19.4 Å². The third kappa shape index (κ3) is 12.1. The summed E-state index contributed by atoms with van der Waals surface area (Å²) in [5, 5.41) is 145. The first-order valence-corrected chi connectivity index (χ1v) is 30.8. The molecular formula is C60H94O28. The lowest BCUT2D eigenvalue weighted by Gasteiger charge is -2.72. The predicted molar refractivity (Wildman–Crippen MR) is 294 cm³/mol. The largest absolute Gasteiger partial charge is 0.457 e. The number of aliphatic hydroxyl groups excluding tert-OH is 13. The zero-order valence-corrected chi connectivity index (χ0v) is 51.3. The highest BCUT2D eigenvalue weighted by molar-refractivity contribution is 5.80. The molecule has 0 spiro atoms. The lowest BCUT2D eigenvalue weighted by atomic mass is 9.33. The Morgan fingerprint density at radius 1 is 0.614 bits per heavy atom. The molecular weight excluding hydrogens is 1170 g/mol. The Morgan fingerprint density at radius 2 is 1.23 bits per heavy atom. The zero-order chi connectivity index (χ0) is 64.7. The maximum absolute atomic E-state index is 16.1. The number of carbonyl (C=O) groups is 4. The van der Waals surface area contributed by atoms with Gasteiger partial charge in [0.05, 0.1) is 63.9 Å². The van der Waals surface area contributed by atoms with Crippen molar-refractivity contribution in [3.05, 3.63) is 11.6 Å². The van der Waals surface area contributed by atoms with E-state index in [9.17, 15) is 80.8 Å². The van der Waals surface area contributed by atoms with Crippen molar-refractivity contribution in [2.75, 3.05) is 33.0 Å². The van der Waals surface area contributed by atoms with Gasteiger partial charge in [-0.1, -0.05) is 53.2 Å². The number of hydrogen-bond acceptors (Lipinski definition) is 28. The summed E-state index contributed by atoms with van der Waals surface area (Å²) in [6.07, 6.45) is -32.1. The van der Waals surface area contributed by atoms with Crippen LogP contribution in [-0.2, 0) is 71.3 Å². The predicted octanol–water partition coefficient (Wildman–Crippen LogP) is -2.38. The summed E-state index contributed by atoms with van der Waals surface area (Å²) in [6, 6.07) is 0. The molecule has 0 radical (unpaired) electrons. The van der Waals surface area contributed by atoms with Crippen molar-refractivity contribution in [3.8, 4) is 0 Å². The monoisotopic (exact) mass is 1260 g/mol. The van der Waals surface area contributed by atoms with Crippen LogP contribution in [-0.4, -0.2) is 258 Å². The van der Waals surface area contributed by atoms with Crippen molar-refractivity contribution < 1.29 is 138 Å². The van der Waals surface area contributed by atoms with Crippen molar-refractivity contribution in [1.29, 1.82) is 0 Å². The molecule has 5 aliphatic carbocycles. The Kier molecular flexibility index (Phi) is 20.4. The van der Waals surface area contributed by atoms with Gasteiger partial charge in [0, 0.05) is 19.3 Å². The molecule has 0 amide bonds. The summed E-state index contributed by atoms with van der Waals surface area (Å²) in [7, 11) is 0. The van der Waals surface area contributed by atoms with E-state index in [1.165, 1.54) is 6.92 Å². The third-order valence-corrected chi connectivity index (χ3v) is 22.1. The fraction of sp³-hybridized carbons (Fsp3) is 0.900. The Morgan fingerprint density at radius 3 is 1.85 bits per heavy atom. The van der Waals surface area contributed by atoms with E-state index in [4.69, 9.17) is 52.1 Å². The molecule has 0 aromatic heterocycles. The van der Waals surface area contributed by atoms with Gasteiger partial charge in [0.25, 0.3) is 0 Å². The number of fused-ring (bicyclic) bond motifs is 7. The van der Waals surface area contributed by atoms with Gasteiger partial charge in [-0.2, -0.15) is 0 Å². The number of hydrogen-bond donors (Lipinski definition) is 13. The fourth-order valence-electron chi connectivity index (χ4n) is 17.4. The topological polar surface area (TPSA) is 433 Å². The van der Waals surface area contributed by atoms with Crippen molar-refractivity contribution in [2.45, 2.75) is 255 Å². The first kappa shape index (κ1) is 69.2. The minimum absolute atomic E-state index is 0.0320. The normalized spacial score (nSPS) is 49.5. The molecule has 4 saturated heterocycles. The average molecular weight is 1260 g/mol. The van der Waals surface area contributed by atoms with Crippen LogP contribution in [0.4, 0.5) is 0 Å². The number of allylic oxidation sites excluding steroid dienone is 2. The van der Waals surface area contributed by atoms with Gasteiger partial charge in [-0.15, -0.1) is 0 Å². The summed E-state index contributed by atoms with van der Waals surface area (Å²) in [4.78, 5) is 53.3. The number of aliphatic hydroxyl groups is 13. The molecule has 0 bridgehead atoms. The van der Waals surface area contributed by atoms with Gasteiger partial charge in [-0.3, -0.25) is 19.2 Å². The first-order valence-electron chi connectivity index (χ1n) is 30.8. The van der Waals surface area contributed by atoms with Gasteiger partial charge in [0.2, 0.25) is 6.29 Å². The molecule has 0 aromatic carbocycles. The van der Waals surface area contributed by atoms with Gasteiger partial charge < -0.3 is 118 Å². The Balaban J connectivity index is 1.12. The number of ether oxygens (including phenoxy) is 11. The van der Waals surface area contributed by atoms with Crippen LogP contribution in [0.25, 0.3) is 0 Å². The summed E-state index contributed by atoms with van der Waals surface area (Å²) in [6.45, 7) is 12.6. The van der Waals surface area contributed by atoms with Crippen molar-refractivity contribution in [1.82, 2.24) is 0 Å². The van der Waals surface area contributed by atoms with Gasteiger partial charge in [0.15, 0.2) is 43.3 Å². The van der Waals surface area contributed by atoms with E-state index in [1.807, 2.05) is 0 Å². The molecule has 88 heavy (non-hydrogen) atoms. The van der Waals surface area contributed by atoms with E-state index in [0.29, 0.717) is 32.1 Å². The molecule has 502 valence electrons. The molecule has 8 fully saturated rings. The molecule has 1 unspecified atom stereocenters. The Labute approximate surface area is 510 Å². The summed E-state index contributed by atoms with van der Waals surface area (Å²) in [5.41, 5.74) is -5.17. The van der Waals surface area contributed by atoms with E-state index in [-0.39, 0.29) is 25.2 Å². The average Bonchev–Trinajstić information content (AvgIpc) is 0.676. The molecule has 4 aliphatic heterocycles. The van der Waals surface area contributed by atoms with Crippen LogP contribution in [0.15, 0.2) is 11.6 Å². The van der Waals surface area contributed by atoms with Gasteiger partial charge >= 0.3 is 23.9 Å². The van der Waals surface area contributed by atoms with Crippen molar-refractivity contribution >= 4 is 23.9 Å². The fourth-order valence-corrected chi connectivity index (χ4v) is 17.4. The molecule has 9 aliphatic rings. The SMILES string of the molecule is CC(=O)O[C@@H]1[C@@H](O)[C@H](OC(=O)[C@]23CCC(C)(C)C[C@H]2C2=CC[C@@H]4[C@@]5(C)C[C@H](O)[C@H](O[C@@H]6O[C@H](CO)[C@@H](O)[C@H](O)[C@H]6O)[C@@](C)(CO)[C@@H]5CC[C@@]4(C)[C@]2(C)C[C@H]3O[C@@H]2O[C@H](CO)[C@@H](O)[C@H](O)[C@H]2O[C@@H]2OC[C@H](OC(=O)CC(C)O)[C@H](O)[C@H]2O)OC[C@@H]1OC(C)=O. The Hall–Kier alpha value is -3.18. The van der Waals surface area contributed by atoms with E-state index in [2.05, 4.69) is 40.7 Å². The van der Waals surface area contributed by atoms with Crippen LogP contribution in [0.5, 0.6) is 0 Å². The van der Waals surface area contributed by atoms with E-state index in [1.54, 1.807) is 6.92 Å². The smallest absolute Gasteiger partial charge is 0.317 e. The highest BCUT2D eigenvalue weighted by Crippen LogP contribution is 2.76. The lowest BCUT2D eigenvalue weighted by Crippen LogP contribution is -2.71. The number of carbonyl (C=O) groups excluding carboxylic acids is 4. The number of esters is 4. The molecule has 28 nitrogen and oxygen atoms in total. The highest BCUT2D eigenvalue weighted by atomic mass is 16.8. The molecule has 0 aromatic rings. The second-order valence-electron chi connectivity index (χ2n) is 28.2. The third-order valence-electron chi connectivity index (χ3n) is 22.1. The molecule has 9 rings (SSSR count). The molecule has 28 heteroatoms. The van der Waals surface area contributed by atoms with Crippen LogP contribution >= 0.6 is 0 Å². The van der Waals surface area contributed by atoms with Gasteiger partial charge in [-0.25, -0.2) is 0 Å². The van der Waals surface area contributed by atoms with Gasteiger partial charge in [-0.05, 0) is 97.7 Å². The minimum Gasteiger partial charge on any atom is -0.457 e. The molecule has 4 saturated carbocycles. The first-order chi connectivity index (χ1) is 41.2. The van der Waals surface area contributed by atoms with Crippen LogP contribution in [0, 0.1) is 50.2 Å². The molecule has 13 N–H and O–H groups in total. The van der Waals surface area contributed by atoms with Crippen molar-refractivity contribution in [3.63, 3.8) is 0 Å². The maximum Gasteiger partial charge on any atom is 0.317 e. The molecule has 4 heterocycles. The Bertz CT molecular complexity index is 2530. The highest BCUT2D eigenvalue weighted by Gasteiger charge is 2.74. The standard InChI is InChI=1S/C60H94O28/c1-25(64)16-38(68)82-33-22-78-50(44(74)41(33)71)86-48-43(73)40(70)32(21-62)84-53(48)85-37-19-59(9)28(29-17-55(4,5)14-15-60(29,37)54(77)88-51-46(76)47(81-27(3)66)34(23-79-51)80-26(2)65)10-11-36-56(6)18-30(67)49(57(7,24-63)35(56)12-13-58(36,59)8)87-52-45(75)42(72)39(69)31(20-61)83-52/h10,25,29-37,39-53,61-64,67,69-76H,11-24H2,1-9H3/t25?,29-,30-,31+,32+,33-,34-,35+,36+,37+,39+,40+,41-,42-,43-,44+,45+,46+,47-,48+,49-,50-,51-,52-,53-,56-,57-,58+,59+,60+/m0/s1. The minimum atomic E-state index is -1.99. The second kappa shape index (κ2) is 26.0. The lowest BCUT2D eigenvalue weighted by molar-refractivity contribution is -0.371. The van der Waals surface area contributed by atoms with Gasteiger partial charge in [0.1, 0.15) is 66.5 Å². The van der Waals surface area contributed by atoms with E-state index < -0.39 is 243 Å². The summed E-state index contributed by atoms with van der Waals surface area (Å²) in [5.74, 6) is -4.93. The summed E-state index contributed by atoms with van der Waals surface area (Å²) < 4.78 is 66.1. The van der Waals surface area contributed by atoms with Crippen LogP contribution in [0.1, 0.15) is 120 Å². The quantitative estimate of drug-likeness (QED) is 0.0332.